The summed E-state index contributed by atoms with van der Waals surface area (Å²) in [6, 6.07) is 18.2. The van der Waals surface area contributed by atoms with Crippen molar-refractivity contribution in [1.82, 2.24) is 10.2 Å². The highest BCUT2D eigenvalue weighted by Gasteiger charge is 2.53. The van der Waals surface area contributed by atoms with E-state index in [-0.39, 0.29) is 11.3 Å². The van der Waals surface area contributed by atoms with Crippen LogP contribution in [0.5, 0.6) is 5.75 Å². The van der Waals surface area contributed by atoms with Gasteiger partial charge in [0.15, 0.2) is 0 Å². The standard InChI is InChI=1S/C33H42N2O2/c36-32(29-21-34-22-33(29)17-19-37-31-27(24-14-15-24)12-7-13-28(31)33)35-18-16-26(23-8-3-1-4-9-23)20-30(35)25-10-5-2-6-11-25/h1,3-4,7-9,12-13,24-26,29-30,34H,2,5-6,10-11,14-22H2/t26-,29?,30+,33+/m1/s1. The number of hydrogen-bond acceptors (Lipinski definition) is 3. The quantitative estimate of drug-likeness (QED) is 0.549. The van der Waals surface area contributed by atoms with Gasteiger partial charge in [-0.2, -0.15) is 0 Å². The lowest BCUT2D eigenvalue weighted by atomic mass is 9.67. The first-order valence-corrected chi connectivity index (χ1v) is 15.1. The molecule has 1 unspecified atom stereocenters. The molecule has 2 aliphatic carbocycles. The van der Waals surface area contributed by atoms with E-state index in [1.807, 2.05) is 0 Å². The molecule has 7 rings (SSSR count). The molecule has 1 spiro atoms. The Labute approximate surface area is 222 Å². The van der Waals surface area contributed by atoms with Gasteiger partial charge in [-0.1, -0.05) is 67.8 Å². The number of carbonyl (C=O) groups excluding carboxylic acids is 1. The summed E-state index contributed by atoms with van der Waals surface area (Å²) in [6.45, 7) is 3.31. The number of carbonyl (C=O) groups is 1. The van der Waals surface area contributed by atoms with E-state index in [0.29, 0.717) is 29.7 Å². The van der Waals surface area contributed by atoms with E-state index < -0.39 is 0 Å². The number of nitrogens with one attached hydrogen (secondary N) is 1. The lowest BCUT2D eigenvalue weighted by Crippen LogP contribution is -2.55. The summed E-state index contributed by atoms with van der Waals surface area (Å²) in [4.78, 5) is 17.0. The third-order valence-corrected chi connectivity index (χ3v) is 10.5. The second kappa shape index (κ2) is 9.76. The number of hydrogen-bond donors (Lipinski definition) is 1. The molecule has 0 bridgehead atoms. The van der Waals surface area contributed by atoms with Gasteiger partial charge in [0.2, 0.25) is 5.91 Å². The normalized spacial score (nSPS) is 32.2. The molecule has 4 fully saturated rings. The molecule has 4 nitrogen and oxygen atoms in total. The van der Waals surface area contributed by atoms with E-state index in [2.05, 4.69) is 58.7 Å². The smallest absolute Gasteiger partial charge is 0.228 e. The van der Waals surface area contributed by atoms with Crippen LogP contribution < -0.4 is 10.1 Å². The van der Waals surface area contributed by atoms with Gasteiger partial charge in [0, 0.05) is 36.7 Å². The third kappa shape index (κ3) is 4.20. The van der Waals surface area contributed by atoms with Crippen LogP contribution in [0.25, 0.3) is 0 Å². The Bertz CT molecular complexity index is 1120. The van der Waals surface area contributed by atoms with Gasteiger partial charge in [-0.25, -0.2) is 0 Å². The summed E-state index contributed by atoms with van der Waals surface area (Å²) in [5, 5.41) is 3.68. The number of rotatable bonds is 4. The Balaban J connectivity index is 1.20. The van der Waals surface area contributed by atoms with Gasteiger partial charge in [-0.05, 0) is 73.8 Å². The lowest BCUT2D eigenvalue weighted by molar-refractivity contribution is -0.143. The fraction of sp³-hybridized carbons (Fsp3) is 0.606. The zero-order valence-electron chi connectivity index (χ0n) is 22.2. The number of nitrogens with zero attached hydrogens (tertiary/aromatic N) is 1. The van der Waals surface area contributed by atoms with Crippen molar-refractivity contribution in [3.63, 3.8) is 0 Å². The molecule has 4 heteroatoms. The predicted octanol–water partition coefficient (Wildman–Crippen LogP) is 6.16. The highest BCUT2D eigenvalue weighted by Crippen LogP contribution is 2.53. The van der Waals surface area contributed by atoms with Crippen molar-refractivity contribution in [1.29, 1.82) is 0 Å². The van der Waals surface area contributed by atoms with Crippen LogP contribution in [0.15, 0.2) is 48.5 Å². The van der Waals surface area contributed by atoms with Crippen molar-refractivity contribution in [3.8, 4) is 5.75 Å². The van der Waals surface area contributed by atoms with E-state index in [9.17, 15) is 4.79 Å². The molecule has 2 saturated carbocycles. The van der Waals surface area contributed by atoms with Gasteiger partial charge in [-0.3, -0.25) is 4.79 Å². The first-order valence-electron chi connectivity index (χ1n) is 15.1. The number of fused-ring (bicyclic) bond motifs is 2. The second-order valence-electron chi connectivity index (χ2n) is 12.6. The van der Waals surface area contributed by atoms with E-state index >= 15 is 0 Å². The number of benzene rings is 2. The highest BCUT2D eigenvalue weighted by molar-refractivity contribution is 5.82. The number of para-hydroxylation sites is 1. The molecule has 37 heavy (non-hydrogen) atoms. The molecule has 4 atom stereocenters. The maximum absolute atomic E-state index is 14.7. The molecule has 2 aromatic rings. The number of ether oxygens (including phenoxy) is 1. The zero-order valence-corrected chi connectivity index (χ0v) is 22.2. The third-order valence-electron chi connectivity index (χ3n) is 10.5. The molecule has 0 radical (unpaired) electrons. The minimum atomic E-state index is -0.136. The maximum Gasteiger partial charge on any atom is 0.228 e. The SMILES string of the molecule is O=C(C1CNC[C@]12CCOc1c(C3CC3)cccc12)N1CC[C@@H](c2ccccc2)C[C@H]1C1CCCCC1. The van der Waals surface area contributed by atoms with Crippen LogP contribution >= 0.6 is 0 Å². The van der Waals surface area contributed by atoms with Gasteiger partial charge in [0.05, 0.1) is 12.5 Å². The summed E-state index contributed by atoms with van der Waals surface area (Å²) in [6.07, 6.45) is 12.3. The molecule has 3 aliphatic heterocycles. The first kappa shape index (κ1) is 23.8. The first-order chi connectivity index (χ1) is 18.2. The molecule has 2 saturated heterocycles. The predicted molar refractivity (Wildman–Crippen MR) is 147 cm³/mol. The summed E-state index contributed by atoms with van der Waals surface area (Å²) in [5.41, 5.74) is 4.02. The van der Waals surface area contributed by atoms with E-state index in [1.54, 1.807) is 0 Å². The highest BCUT2D eigenvalue weighted by atomic mass is 16.5. The van der Waals surface area contributed by atoms with Gasteiger partial charge in [-0.15, -0.1) is 0 Å². The van der Waals surface area contributed by atoms with Crippen LogP contribution in [0.1, 0.15) is 92.7 Å². The molecular weight excluding hydrogens is 456 g/mol. The second-order valence-corrected chi connectivity index (χ2v) is 12.6. The average Bonchev–Trinajstić information content (AvgIpc) is 3.73. The number of piperidine rings is 1. The van der Waals surface area contributed by atoms with E-state index in [4.69, 9.17) is 4.74 Å². The maximum atomic E-state index is 14.7. The molecule has 5 aliphatic rings. The Morgan fingerprint density at radius 1 is 0.919 bits per heavy atom. The van der Waals surface area contributed by atoms with Crippen molar-refractivity contribution >= 4 is 5.91 Å². The van der Waals surface area contributed by atoms with Crippen LogP contribution in [0, 0.1) is 11.8 Å². The Morgan fingerprint density at radius 2 is 1.76 bits per heavy atom. The number of likely N-dealkylation sites (tertiary alicyclic amines) is 1. The Hall–Kier alpha value is -2.33. The molecule has 196 valence electrons. The van der Waals surface area contributed by atoms with Crippen LogP contribution in [0.2, 0.25) is 0 Å². The van der Waals surface area contributed by atoms with Gasteiger partial charge in [0.25, 0.3) is 0 Å². The van der Waals surface area contributed by atoms with Crippen molar-refractivity contribution in [2.45, 2.75) is 87.5 Å². The lowest BCUT2D eigenvalue weighted by Gasteiger charge is -2.48. The summed E-state index contributed by atoms with van der Waals surface area (Å²) >= 11 is 0. The van der Waals surface area contributed by atoms with Crippen LogP contribution in [-0.4, -0.2) is 43.1 Å². The Kier molecular flexibility index (Phi) is 6.27. The Morgan fingerprint density at radius 3 is 2.57 bits per heavy atom. The molecule has 1 amide bonds. The molecule has 2 aromatic carbocycles. The summed E-state index contributed by atoms with van der Waals surface area (Å²) in [7, 11) is 0. The van der Waals surface area contributed by atoms with E-state index in [0.717, 1.165) is 51.3 Å². The molecule has 1 N–H and O–H groups in total. The zero-order chi connectivity index (χ0) is 24.8. The van der Waals surface area contributed by atoms with Crippen LogP contribution in [-0.2, 0) is 10.2 Å². The summed E-state index contributed by atoms with van der Waals surface area (Å²) < 4.78 is 6.34. The van der Waals surface area contributed by atoms with Crippen LogP contribution in [0.3, 0.4) is 0 Å². The fourth-order valence-corrected chi connectivity index (χ4v) is 8.39. The molecule has 3 heterocycles. The topological polar surface area (TPSA) is 41.6 Å². The monoisotopic (exact) mass is 498 g/mol. The summed E-state index contributed by atoms with van der Waals surface area (Å²) in [5.74, 6) is 3.40. The minimum Gasteiger partial charge on any atom is -0.493 e. The van der Waals surface area contributed by atoms with Gasteiger partial charge in [0.1, 0.15) is 5.75 Å². The molecular formula is C33H42N2O2. The largest absolute Gasteiger partial charge is 0.493 e. The van der Waals surface area contributed by atoms with Gasteiger partial charge < -0.3 is 15.0 Å². The van der Waals surface area contributed by atoms with Crippen LogP contribution in [0.4, 0.5) is 0 Å². The average molecular weight is 499 g/mol. The van der Waals surface area contributed by atoms with E-state index in [1.165, 1.54) is 61.6 Å². The molecule has 0 aromatic heterocycles. The fourth-order valence-electron chi connectivity index (χ4n) is 8.39. The van der Waals surface area contributed by atoms with Gasteiger partial charge >= 0.3 is 0 Å². The van der Waals surface area contributed by atoms with Crippen molar-refractivity contribution in [3.05, 3.63) is 65.2 Å². The van der Waals surface area contributed by atoms with Crippen molar-refractivity contribution < 1.29 is 9.53 Å². The minimum absolute atomic E-state index is 0.00367. The van der Waals surface area contributed by atoms with Crippen molar-refractivity contribution in [2.75, 3.05) is 26.2 Å². The van der Waals surface area contributed by atoms with Crippen molar-refractivity contribution in [2.24, 2.45) is 11.8 Å². The number of amides is 1.